The van der Waals surface area contributed by atoms with Crippen molar-refractivity contribution in [2.75, 3.05) is 13.2 Å². The van der Waals surface area contributed by atoms with Gasteiger partial charge in [0.25, 0.3) is 0 Å². The fourth-order valence-electron chi connectivity index (χ4n) is 2.60. The maximum atomic E-state index is 12.5. The van der Waals surface area contributed by atoms with Crippen LogP contribution in [0.15, 0.2) is 24.3 Å². The van der Waals surface area contributed by atoms with Crippen LogP contribution in [0.4, 0.5) is 0 Å². The molecule has 2 aromatic heterocycles. The molecule has 0 saturated carbocycles. The van der Waals surface area contributed by atoms with Crippen LogP contribution in [0.2, 0.25) is 4.34 Å². The van der Waals surface area contributed by atoms with Gasteiger partial charge in [-0.1, -0.05) is 11.6 Å². The molecule has 0 spiro atoms. The average molecular weight is 324 g/mol. The van der Waals surface area contributed by atoms with Gasteiger partial charge in [-0.05, 0) is 37.1 Å². The minimum absolute atomic E-state index is 0.225. The van der Waals surface area contributed by atoms with Crippen LogP contribution in [0.1, 0.15) is 22.5 Å². The molecule has 2 N–H and O–H groups in total. The lowest BCUT2D eigenvalue weighted by Gasteiger charge is -2.32. The van der Waals surface area contributed by atoms with Crippen LogP contribution >= 0.6 is 22.9 Å². The van der Waals surface area contributed by atoms with E-state index in [1.807, 2.05) is 12.1 Å². The van der Waals surface area contributed by atoms with E-state index < -0.39 is 5.41 Å². The number of Topliss-reactive ketones (excluding diaryl/α,β-unsaturated/α-hetero) is 1. The van der Waals surface area contributed by atoms with Gasteiger partial charge in [0.1, 0.15) is 0 Å². The third-order valence-electron chi connectivity index (χ3n) is 3.97. The highest BCUT2D eigenvalue weighted by Gasteiger charge is 2.42. The first kappa shape index (κ1) is 14.7. The quantitative estimate of drug-likeness (QED) is 0.910. The fraction of sp³-hybridized carbons (Fsp3) is 0.333. The Morgan fingerprint density at radius 1 is 1.24 bits per heavy atom. The van der Waals surface area contributed by atoms with Crippen molar-refractivity contribution in [1.82, 2.24) is 4.98 Å². The second-order valence-electron chi connectivity index (χ2n) is 5.22. The molecule has 2 aromatic rings. The van der Waals surface area contributed by atoms with E-state index in [0.717, 1.165) is 16.3 Å². The summed E-state index contributed by atoms with van der Waals surface area (Å²) in [5, 5.41) is 18.9. The molecule has 0 aromatic carbocycles. The van der Waals surface area contributed by atoms with E-state index in [1.165, 1.54) is 11.3 Å². The summed E-state index contributed by atoms with van der Waals surface area (Å²) in [4.78, 5) is 18.0. The van der Waals surface area contributed by atoms with E-state index in [9.17, 15) is 15.0 Å². The first-order chi connectivity index (χ1) is 10.1. The van der Waals surface area contributed by atoms with Gasteiger partial charge >= 0.3 is 0 Å². The molecule has 0 saturated heterocycles. The van der Waals surface area contributed by atoms with E-state index in [1.54, 1.807) is 12.1 Å². The zero-order chi connectivity index (χ0) is 15.0. The highest BCUT2D eigenvalue weighted by molar-refractivity contribution is 7.19. The molecule has 0 unspecified atom stereocenters. The lowest BCUT2D eigenvalue weighted by Crippen LogP contribution is -2.42. The minimum atomic E-state index is -1.07. The van der Waals surface area contributed by atoms with Crippen LogP contribution in [0, 0.1) is 5.41 Å². The molecule has 0 aliphatic heterocycles. The summed E-state index contributed by atoms with van der Waals surface area (Å²) in [5.74, 6) is -0.225. The van der Waals surface area contributed by atoms with Crippen molar-refractivity contribution in [2.24, 2.45) is 5.41 Å². The van der Waals surface area contributed by atoms with Crippen molar-refractivity contribution in [1.29, 1.82) is 0 Å². The Labute approximate surface area is 131 Å². The predicted octanol–water partition coefficient (Wildman–Crippen LogP) is 2.56. The van der Waals surface area contributed by atoms with Crippen LogP contribution in [-0.4, -0.2) is 34.2 Å². The van der Waals surface area contributed by atoms with E-state index in [2.05, 4.69) is 4.98 Å². The Balaban J connectivity index is 2.01. The zero-order valence-electron chi connectivity index (χ0n) is 11.2. The average Bonchev–Trinajstić information content (AvgIpc) is 2.95. The number of fused-ring (bicyclic) bond motifs is 1. The zero-order valence-corrected chi connectivity index (χ0v) is 12.7. The molecule has 4 nitrogen and oxygen atoms in total. The number of aryl methyl sites for hydroxylation is 1. The number of ketones is 1. The summed E-state index contributed by atoms with van der Waals surface area (Å²) in [6, 6.07) is 7.23. The molecule has 3 rings (SSSR count). The predicted molar refractivity (Wildman–Crippen MR) is 81.8 cm³/mol. The van der Waals surface area contributed by atoms with Crippen molar-refractivity contribution < 1.29 is 15.0 Å². The van der Waals surface area contributed by atoms with Gasteiger partial charge in [0.2, 0.25) is 0 Å². The first-order valence-electron chi connectivity index (χ1n) is 6.62. The van der Waals surface area contributed by atoms with Gasteiger partial charge < -0.3 is 10.2 Å². The maximum absolute atomic E-state index is 12.5. The standard InChI is InChI=1S/C15H14ClNO3S/c16-13-4-3-12(21-13)11-2-1-9-10(17-11)5-6-15(7-18,8-19)14(9)20/h1-4,18-19H,5-8H2. The number of carbonyl (C=O) groups excluding carboxylic acids is 1. The minimum Gasteiger partial charge on any atom is -0.395 e. The number of hydrogen-bond donors (Lipinski definition) is 2. The van der Waals surface area contributed by atoms with Gasteiger partial charge in [-0.3, -0.25) is 9.78 Å². The maximum Gasteiger partial charge on any atom is 0.175 e. The highest BCUT2D eigenvalue weighted by atomic mass is 35.5. The molecule has 6 heteroatoms. The molecule has 2 heterocycles. The number of nitrogens with zero attached hydrogens (tertiary/aromatic N) is 1. The summed E-state index contributed by atoms with van der Waals surface area (Å²) in [7, 11) is 0. The largest absolute Gasteiger partial charge is 0.395 e. The summed E-state index contributed by atoms with van der Waals surface area (Å²) in [6.45, 7) is -0.686. The lowest BCUT2D eigenvalue weighted by molar-refractivity contribution is 0.0343. The van der Waals surface area contributed by atoms with E-state index in [-0.39, 0.29) is 19.0 Å². The normalized spacial score (nSPS) is 16.8. The number of carbonyl (C=O) groups is 1. The highest BCUT2D eigenvalue weighted by Crippen LogP contribution is 2.36. The Morgan fingerprint density at radius 2 is 2.00 bits per heavy atom. The third kappa shape index (κ3) is 2.40. The summed E-state index contributed by atoms with van der Waals surface area (Å²) < 4.78 is 0.695. The van der Waals surface area contributed by atoms with Crippen LogP contribution in [-0.2, 0) is 6.42 Å². The van der Waals surface area contributed by atoms with Crippen LogP contribution in [0.5, 0.6) is 0 Å². The molecule has 0 radical (unpaired) electrons. The smallest absolute Gasteiger partial charge is 0.175 e. The SMILES string of the molecule is O=C1c2ccc(-c3ccc(Cl)s3)nc2CCC1(CO)CO. The number of aliphatic hydroxyl groups excluding tert-OH is 2. The molecule has 1 aliphatic rings. The van der Waals surface area contributed by atoms with Gasteiger partial charge in [0.05, 0.1) is 39.2 Å². The van der Waals surface area contributed by atoms with Crippen LogP contribution in [0.25, 0.3) is 10.6 Å². The number of pyridine rings is 1. The number of rotatable bonds is 3. The lowest BCUT2D eigenvalue weighted by atomic mass is 9.73. The Kier molecular flexibility index (Phi) is 3.84. The van der Waals surface area contributed by atoms with Crippen molar-refractivity contribution in [2.45, 2.75) is 12.8 Å². The van der Waals surface area contributed by atoms with E-state index in [0.29, 0.717) is 22.7 Å². The van der Waals surface area contributed by atoms with E-state index in [4.69, 9.17) is 11.6 Å². The molecule has 0 amide bonds. The molecule has 0 bridgehead atoms. The van der Waals surface area contributed by atoms with Crippen molar-refractivity contribution in [3.63, 3.8) is 0 Å². The molecule has 21 heavy (non-hydrogen) atoms. The van der Waals surface area contributed by atoms with Crippen molar-refractivity contribution in [3.05, 3.63) is 39.9 Å². The second kappa shape index (κ2) is 5.50. The van der Waals surface area contributed by atoms with Gasteiger partial charge in [0, 0.05) is 5.56 Å². The molecular formula is C15H14ClNO3S. The first-order valence-corrected chi connectivity index (χ1v) is 7.81. The Bertz CT molecular complexity index is 694. The summed E-state index contributed by atoms with van der Waals surface area (Å²) in [5.41, 5.74) is 0.942. The van der Waals surface area contributed by atoms with Crippen molar-refractivity contribution in [3.8, 4) is 10.6 Å². The number of thiophene rings is 1. The Morgan fingerprint density at radius 3 is 2.62 bits per heavy atom. The molecule has 0 fully saturated rings. The topological polar surface area (TPSA) is 70.4 Å². The number of aliphatic hydroxyl groups is 2. The second-order valence-corrected chi connectivity index (χ2v) is 6.94. The monoisotopic (exact) mass is 323 g/mol. The van der Waals surface area contributed by atoms with Gasteiger partial charge in [-0.25, -0.2) is 0 Å². The van der Waals surface area contributed by atoms with Crippen LogP contribution < -0.4 is 0 Å². The van der Waals surface area contributed by atoms with Crippen LogP contribution in [0.3, 0.4) is 0 Å². The number of halogens is 1. The third-order valence-corrected chi connectivity index (χ3v) is 5.23. The molecule has 1 aliphatic carbocycles. The Hall–Kier alpha value is -1.27. The number of hydrogen-bond acceptors (Lipinski definition) is 5. The van der Waals surface area contributed by atoms with Gasteiger partial charge in [0.15, 0.2) is 5.78 Å². The van der Waals surface area contributed by atoms with Crippen molar-refractivity contribution >= 4 is 28.7 Å². The number of aromatic nitrogens is 1. The van der Waals surface area contributed by atoms with Gasteiger partial charge in [-0.2, -0.15) is 0 Å². The van der Waals surface area contributed by atoms with Gasteiger partial charge in [-0.15, -0.1) is 11.3 Å². The molecule has 110 valence electrons. The summed E-state index contributed by atoms with van der Waals surface area (Å²) in [6.07, 6.45) is 0.975. The fourth-order valence-corrected chi connectivity index (χ4v) is 3.61. The molecule has 0 atom stereocenters. The summed E-state index contributed by atoms with van der Waals surface area (Å²) >= 11 is 7.37. The molecular weight excluding hydrogens is 310 g/mol. The van der Waals surface area contributed by atoms with E-state index >= 15 is 0 Å².